The van der Waals surface area contributed by atoms with Gasteiger partial charge in [0.05, 0.1) is 24.3 Å². The molecule has 2 fully saturated rings. The van der Waals surface area contributed by atoms with Crippen molar-refractivity contribution >= 4 is 11.8 Å². The first kappa shape index (κ1) is 21.5. The third kappa shape index (κ3) is 5.48. The third-order valence-corrected chi connectivity index (χ3v) is 5.46. The van der Waals surface area contributed by atoms with Crippen LogP contribution in [0.1, 0.15) is 52.4 Å². The van der Waals surface area contributed by atoms with E-state index in [1.165, 1.54) is 29.4 Å². The average molecular weight is 431 g/mol. The van der Waals surface area contributed by atoms with Crippen molar-refractivity contribution in [2.24, 2.45) is 0 Å². The van der Waals surface area contributed by atoms with Crippen LogP contribution >= 0.6 is 0 Å². The molecule has 4 rings (SSSR count). The van der Waals surface area contributed by atoms with E-state index in [4.69, 9.17) is 13.9 Å². The maximum Gasteiger partial charge on any atom is 0.273 e. The summed E-state index contributed by atoms with van der Waals surface area (Å²) in [5, 5.41) is 2.79. The Labute approximate surface area is 179 Å². The van der Waals surface area contributed by atoms with Crippen molar-refractivity contribution in [1.82, 2.24) is 15.2 Å². The highest BCUT2D eigenvalue weighted by Crippen LogP contribution is 2.19. The predicted octanol–water partition coefficient (Wildman–Crippen LogP) is 2.54. The highest BCUT2D eigenvalue weighted by Gasteiger charge is 2.27. The second-order valence-corrected chi connectivity index (χ2v) is 7.77. The molecule has 2 saturated heterocycles. The lowest BCUT2D eigenvalue weighted by Gasteiger charge is -2.24. The Kier molecular flexibility index (Phi) is 6.93. The van der Waals surface area contributed by atoms with Gasteiger partial charge in [-0.3, -0.25) is 9.59 Å². The lowest BCUT2D eigenvalue weighted by Crippen LogP contribution is -2.37. The molecule has 0 radical (unpaired) electrons. The van der Waals surface area contributed by atoms with Crippen LogP contribution in [0.15, 0.2) is 34.9 Å². The zero-order valence-corrected chi connectivity index (χ0v) is 17.2. The van der Waals surface area contributed by atoms with Gasteiger partial charge in [-0.15, -0.1) is 0 Å². The second-order valence-electron chi connectivity index (χ2n) is 7.77. The lowest BCUT2D eigenvalue weighted by atomic mass is 10.1. The van der Waals surface area contributed by atoms with Crippen molar-refractivity contribution in [3.63, 3.8) is 0 Å². The monoisotopic (exact) mass is 431 g/mol. The molecule has 0 saturated carbocycles. The minimum absolute atomic E-state index is 0.00600. The third-order valence-electron chi connectivity index (χ3n) is 5.46. The molecule has 0 bridgehead atoms. The quantitative estimate of drug-likeness (QED) is 0.690. The van der Waals surface area contributed by atoms with Crippen LogP contribution in [-0.2, 0) is 16.0 Å². The van der Waals surface area contributed by atoms with Crippen LogP contribution in [0, 0.1) is 5.82 Å². The van der Waals surface area contributed by atoms with Gasteiger partial charge in [-0.25, -0.2) is 9.37 Å². The van der Waals surface area contributed by atoms with Crippen molar-refractivity contribution in [3.05, 3.63) is 53.5 Å². The number of carbonyl (C=O) groups is 2. The van der Waals surface area contributed by atoms with Crippen molar-refractivity contribution in [1.29, 1.82) is 0 Å². The first-order valence-corrected chi connectivity index (χ1v) is 10.6. The molecule has 166 valence electrons. The molecule has 2 aliphatic rings. The molecule has 8 nitrogen and oxygen atoms in total. The molecule has 2 atom stereocenters. The number of carbonyl (C=O) groups excluding carboxylic acids is 2. The molecule has 0 spiro atoms. The lowest BCUT2D eigenvalue weighted by molar-refractivity contribution is 0.0484. The zero-order chi connectivity index (χ0) is 21.6. The molecule has 1 aromatic heterocycles. The topological polar surface area (TPSA) is 93.9 Å². The summed E-state index contributed by atoms with van der Waals surface area (Å²) < 4.78 is 30.8. The largest absolute Gasteiger partial charge is 0.446 e. The second kappa shape index (κ2) is 10.0. The van der Waals surface area contributed by atoms with Gasteiger partial charge in [0.1, 0.15) is 12.1 Å². The van der Waals surface area contributed by atoms with E-state index in [0.717, 1.165) is 25.7 Å². The number of hydrogen-bond acceptors (Lipinski definition) is 6. The van der Waals surface area contributed by atoms with Gasteiger partial charge in [-0.1, -0.05) is 12.1 Å². The minimum atomic E-state index is -0.591. The normalized spacial score (nSPS) is 20.7. The summed E-state index contributed by atoms with van der Waals surface area (Å²) in [7, 11) is 0. The number of rotatable bonds is 8. The molecule has 3 heterocycles. The summed E-state index contributed by atoms with van der Waals surface area (Å²) in [5.41, 5.74) is 0.102. The van der Waals surface area contributed by atoms with Gasteiger partial charge in [0.2, 0.25) is 5.89 Å². The number of nitrogens with zero attached hydrogens (tertiary/aromatic N) is 2. The first-order valence-electron chi connectivity index (χ1n) is 10.6. The maximum atomic E-state index is 14.2. The molecular formula is C22H26FN3O5. The van der Waals surface area contributed by atoms with E-state index >= 15 is 0 Å². The van der Waals surface area contributed by atoms with Crippen LogP contribution in [0.25, 0.3) is 0 Å². The number of amides is 2. The Balaban J connectivity index is 1.43. The number of ether oxygens (including phenoxy) is 2. The van der Waals surface area contributed by atoms with Crippen molar-refractivity contribution < 1.29 is 27.9 Å². The summed E-state index contributed by atoms with van der Waals surface area (Å²) in [5.74, 6) is -1.23. The number of benzene rings is 1. The van der Waals surface area contributed by atoms with Gasteiger partial charge < -0.3 is 24.1 Å². The van der Waals surface area contributed by atoms with E-state index in [9.17, 15) is 14.0 Å². The fraction of sp³-hybridized carbons (Fsp3) is 0.500. The standard InChI is InChI=1S/C22H26FN3O5/c23-18-8-2-1-7-17(18)22(28)26(12-16-6-4-10-30-16)13-20-25-19(14-31-20)21(27)24-11-15-5-3-9-29-15/h1-2,7-8,14-16H,3-6,9-13H2,(H,24,27). The Morgan fingerprint density at radius 2 is 1.87 bits per heavy atom. The van der Waals surface area contributed by atoms with E-state index in [0.29, 0.717) is 19.8 Å². The Morgan fingerprint density at radius 1 is 1.13 bits per heavy atom. The molecule has 9 heteroatoms. The smallest absolute Gasteiger partial charge is 0.273 e. The van der Waals surface area contributed by atoms with E-state index in [1.54, 1.807) is 6.07 Å². The summed E-state index contributed by atoms with van der Waals surface area (Å²) in [6, 6.07) is 5.84. The number of aromatic nitrogens is 1. The van der Waals surface area contributed by atoms with Crippen molar-refractivity contribution in [3.8, 4) is 0 Å². The fourth-order valence-corrected chi connectivity index (χ4v) is 3.81. The summed E-state index contributed by atoms with van der Waals surface area (Å²) in [4.78, 5) is 31.0. The van der Waals surface area contributed by atoms with E-state index in [-0.39, 0.29) is 48.4 Å². The van der Waals surface area contributed by atoms with E-state index < -0.39 is 11.7 Å². The van der Waals surface area contributed by atoms with Crippen molar-refractivity contribution in [2.45, 2.75) is 44.4 Å². The summed E-state index contributed by atoms with van der Waals surface area (Å²) >= 11 is 0. The van der Waals surface area contributed by atoms with Crippen molar-refractivity contribution in [2.75, 3.05) is 26.3 Å². The number of halogens is 1. The van der Waals surface area contributed by atoms with Crippen LogP contribution in [0.3, 0.4) is 0 Å². The van der Waals surface area contributed by atoms with Gasteiger partial charge in [0, 0.05) is 26.3 Å². The number of nitrogens with one attached hydrogen (secondary N) is 1. The van der Waals surface area contributed by atoms with Gasteiger partial charge in [0.25, 0.3) is 11.8 Å². The molecule has 31 heavy (non-hydrogen) atoms. The van der Waals surface area contributed by atoms with Gasteiger partial charge >= 0.3 is 0 Å². The van der Waals surface area contributed by atoms with Crippen LogP contribution in [0.4, 0.5) is 4.39 Å². The summed E-state index contributed by atoms with van der Waals surface area (Å²) in [6.45, 7) is 2.06. The first-order chi connectivity index (χ1) is 15.1. The SMILES string of the molecule is O=C(NCC1CCCO1)c1coc(CN(CC2CCCO2)C(=O)c2ccccc2F)n1. The highest BCUT2D eigenvalue weighted by molar-refractivity contribution is 5.94. The summed E-state index contributed by atoms with van der Waals surface area (Å²) in [6.07, 6.45) is 4.81. The molecule has 2 unspecified atom stereocenters. The molecule has 1 N–H and O–H groups in total. The highest BCUT2D eigenvalue weighted by atomic mass is 19.1. The number of oxazole rings is 1. The molecule has 1 aromatic carbocycles. The van der Waals surface area contributed by atoms with Crippen LogP contribution < -0.4 is 5.32 Å². The zero-order valence-electron chi connectivity index (χ0n) is 17.2. The fourth-order valence-electron chi connectivity index (χ4n) is 3.81. The van der Waals surface area contributed by atoms with E-state index in [2.05, 4.69) is 10.3 Å². The molecular weight excluding hydrogens is 405 g/mol. The Morgan fingerprint density at radius 3 is 2.58 bits per heavy atom. The van der Waals surface area contributed by atoms with Gasteiger partial charge in [0.15, 0.2) is 5.69 Å². The van der Waals surface area contributed by atoms with E-state index in [1.807, 2.05) is 0 Å². The van der Waals surface area contributed by atoms with Crippen LogP contribution in [0.5, 0.6) is 0 Å². The van der Waals surface area contributed by atoms with Gasteiger partial charge in [-0.2, -0.15) is 0 Å². The van der Waals surface area contributed by atoms with Crippen LogP contribution in [-0.4, -0.2) is 60.2 Å². The maximum absolute atomic E-state index is 14.2. The number of hydrogen-bond donors (Lipinski definition) is 1. The molecule has 0 aliphatic carbocycles. The average Bonchev–Trinajstić information content (AvgIpc) is 3.54. The molecule has 2 amide bonds. The molecule has 2 aromatic rings. The molecule has 2 aliphatic heterocycles. The minimum Gasteiger partial charge on any atom is -0.446 e. The Bertz CT molecular complexity index is 906. The predicted molar refractivity (Wildman–Crippen MR) is 108 cm³/mol. The van der Waals surface area contributed by atoms with Crippen LogP contribution in [0.2, 0.25) is 0 Å². The van der Waals surface area contributed by atoms with Gasteiger partial charge in [-0.05, 0) is 37.8 Å². The Hall–Kier alpha value is -2.78.